The predicted molar refractivity (Wildman–Crippen MR) is 252 cm³/mol. The molecule has 0 fully saturated rings. The third-order valence-corrected chi connectivity index (χ3v) is 13.9. The summed E-state index contributed by atoms with van der Waals surface area (Å²) < 4.78 is 47.2. The van der Waals surface area contributed by atoms with E-state index >= 15 is 0 Å². The van der Waals surface area contributed by atoms with Crippen molar-refractivity contribution >= 4 is 11.9 Å². The molecule has 65 heavy (non-hydrogen) atoms. The van der Waals surface area contributed by atoms with E-state index < -0.39 is 11.9 Å². The van der Waals surface area contributed by atoms with E-state index in [1.165, 1.54) is 33.4 Å². The smallest absolute Gasteiger partial charge is 0.331 e. The van der Waals surface area contributed by atoms with Crippen molar-refractivity contribution in [3.63, 3.8) is 0 Å². The normalized spacial score (nSPS) is 20.1. The molecule has 0 N–H and O–H groups in total. The minimum absolute atomic E-state index is 0.0126. The van der Waals surface area contributed by atoms with E-state index in [-0.39, 0.29) is 25.3 Å². The SMILES string of the molecule is COc1ccc(C2c3c(cc(C)c(C)c3OC)CC[N+]2(C)CCCOC(=O)/C=C\C(=O)OCCC[N+]2(C)CCc3cc(OC)c(OC)cc3C2Cc2cc(C)c(OC)c(OC)c2)cc1C. The predicted octanol–water partition coefficient (Wildman–Crippen LogP) is 8.47. The van der Waals surface area contributed by atoms with Crippen LogP contribution >= 0.6 is 0 Å². The molecule has 4 aromatic rings. The van der Waals surface area contributed by atoms with Gasteiger partial charge in [-0.1, -0.05) is 12.1 Å². The number of quaternary nitrogens is 2. The number of nitrogens with zero attached hydrogens (tertiary/aromatic N) is 2. The van der Waals surface area contributed by atoms with Crippen LogP contribution in [0.15, 0.2) is 60.7 Å². The van der Waals surface area contributed by atoms with E-state index in [4.69, 9.17) is 37.9 Å². The van der Waals surface area contributed by atoms with Crippen LogP contribution in [0.5, 0.6) is 34.5 Å². The molecule has 350 valence electrons. The number of hydrogen-bond donors (Lipinski definition) is 0. The number of carbonyl (C=O) groups excluding carboxylic acids is 2. The summed E-state index contributed by atoms with van der Waals surface area (Å²) in [5.41, 5.74) is 11.7. The summed E-state index contributed by atoms with van der Waals surface area (Å²) in [5, 5.41) is 0. The van der Waals surface area contributed by atoms with Crippen molar-refractivity contribution < 1.29 is 56.5 Å². The standard InChI is InChI=1S/C53H70N2O10/c1-34-28-40-20-24-55(6,51(50(40)53(63-12)37(34)4)41-15-16-44(58-7)35(2)29-41)22-14-26-65-49(57)18-17-48(56)64-25-13-21-54(5)23-19-39-32-45(59-8)46(60-9)33-42(39)43(54)30-38-27-36(3)52(62-11)47(31-38)61-10/h15-18,27-29,31-33,43,51H,13-14,19-26,30H2,1-12H3/q+2/b18-17-. The molecule has 0 aliphatic carbocycles. The number of rotatable bonds is 19. The molecular weight excluding hydrogens is 825 g/mol. The Morgan fingerprint density at radius 3 is 1.78 bits per heavy atom. The fourth-order valence-electron chi connectivity index (χ4n) is 10.3. The highest BCUT2D eigenvalue weighted by molar-refractivity contribution is 5.91. The maximum Gasteiger partial charge on any atom is 0.331 e. The lowest BCUT2D eigenvalue weighted by Crippen LogP contribution is -2.52. The van der Waals surface area contributed by atoms with Crippen LogP contribution < -0.4 is 28.4 Å². The number of methoxy groups -OCH3 is 6. The van der Waals surface area contributed by atoms with Gasteiger partial charge in [-0.2, -0.15) is 0 Å². The zero-order chi connectivity index (χ0) is 47.1. The zero-order valence-corrected chi connectivity index (χ0v) is 40.7. The van der Waals surface area contributed by atoms with Crippen LogP contribution in [0.1, 0.15) is 80.6 Å². The van der Waals surface area contributed by atoms with Crippen LogP contribution in [0.3, 0.4) is 0 Å². The van der Waals surface area contributed by atoms with Gasteiger partial charge in [-0.05, 0) is 103 Å². The van der Waals surface area contributed by atoms with Crippen molar-refractivity contribution in [3.05, 3.63) is 116 Å². The number of hydrogen-bond acceptors (Lipinski definition) is 10. The molecule has 12 nitrogen and oxygen atoms in total. The van der Waals surface area contributed by atoms with Crippen LogP contribution in [-0.4, -0.2) is 117 Å². The quantitative estimate of drug-likeness (QED) is 0.0394. The summed E-state index contributed by atoms with van der Waals surface area (Å²) in [4.78, 5) is 25.7. The zero-order valence-electron chi connectivity index (χ0n) is 40.7. The summed E-state index contributed by atoms with van der Waals surface area (Å²) in [5.74, 6) is 3.46. The summed E-state index contributed by atoms with van der Waals surface area (Å²) in [6.07, 6.45) is 6.11. The second-order valence-electron chi connectivity index (χ2n) is 18.1. The fourth-order valence-corrected chi connectivity index (χ4v) is 10.3. The number of aryl methyl sites for hydroxylation is 3. The molecule has 4 aromatic carbocycles. The average Bonchev–Trinajstić information content (AvgIpc) is 3.29. The molecule has 2 aliphatic heterocycles. The van der Waals surface area contributed by atoms with E-state index in [1.807, 2.05) is 13.0 Å². The third-order valence-electron chi connectivity index (χ3n) is 13.9. The first kappa shape index (κ1) is 48.7. The van der Waals surface area contributed by atoms with Gasteiger partial charge in [0.15, 0.2) is 23.0 Å². The Kier molecular flexibility index (Phi) is 15.8. The van der Waals surface area contributed by atoms with Gasteiger partial charge in [-0.15, -0.1) is 0 Å². The number of benzene rings is 4. The number of ether oxygens (including phenoxy) is 8. The molecule has 0 aromatic heterocycles. The Balaban J connectivity index is 1.06. The molecule has 0 spiro atoms. The summed E-state index contributed by atoms with van der Waals surface area (Å²) in [6, 6.07) is 17.2. The van der Waals surface area contributed by atoms with Crippen LogP contribution in [-0.2, 0) is 38.3 Å². The first-order chi connectivity index (χ1) is 31.1. The van der Waals surface area contributed by atoms with Crippen LogP contribution in [0.25, 0.3) is 0 Å². The molecule has 6 rings (SSSR count). The van der Waals surface area contributed by atoms with Gasteiger partial charge in [0.05, 0.1) is 102 Å². The van der Waals surface area contributed by atoms with Crippen molar-refractivity contribution in [2.45, 2.75) is 71.9 Å². The van der Waals surface area contributed by atoms with E-state index in [2.05, 4.69) is 77.3 Å². The number of likely N-dealkylation sites (N-methyl/N-ethyl adjacent to an activating group) is 2. The molecule has 4 atom stereocenters. The molecule has 0 bridgehead atoms. The minimum Gasteiger partial charge on any atom is -0.496 e. The van der Waals surface area contributed by atoms with E-state index in [0.29, 0.717) is 30.1 Å². The number of carbonyl (C=O) groups is 2. The fraction of sp³-hybridized carbons (Fsp3) is 0.472. The van der Waals surface area contributed by atoms with E-state index in [0.717, 1.165) is 106 Å². The van der Waals surface area contributed by atoms with Crippen molar-refractivity contribution in [2.75, 3.05) is 96.1 Å². The van der Waals surface area contributed by atoms with Crippen molar-refractivity contribution in [1.82, 2.24) is 0 Å². The topological polar surface area (TPSA) is 108 Å². The summed E-state index contributed by atoms with van der Waals surface area (Å²) in [6.45, 7) is 12.1. The van der Waals surface area contributed by atoms with Crippen LogP contribution in [0.4, 0.5) is 0 Å². The van der Waals surface area contributed by atoms with Gasteiger partial charge < -0.3 is 46.9 Å². The van der Waals surface area contributed by atoms with E-state index in [1.54, 1.807) is 42.7 Å². The Bertz CT molecular complexity index is 2390. The van der Waals surface area contributed by atoms with Crippen molar-refractivity contribution in [2.24, 2.45) is 0 Å². The van der Waals surface area contributed by atoms with Gasteiger partial charge in [-0.25, -0.2) is 9.59 Å². The second-order valence-corrected chi connectivity index (χ2v) is 18.1. The maximum absolute atomic E-state index is 12.8. The summed E-state index contributed by atoms with van der Waals surface area (Å²) >= 11 is 0. The molecule has 0 saturated heterocycles. The first-order valence-electron chi connectivity index (χ1n) is 22.6. The molecule has 2 heterocycles. The molecule has 2 aliphatic rings. The molecule has 4 unspecified atom stereocenters. The maximum atomic E-state index is 12.8. The molecule has 0 radical (unpaired) electrons. The Hall–Kier alpha value is -5.72. The Morgan fingerprint density at radius 2 is 1.18 bits per heavy atom. The Morgan fingerprint density at radius 1 is 0.600 bits per heavy atom. The van der Waals surface area contributed by atoms with Crippen molar-refractivity contribution in [3.8, 4) is 34.5 Å². The second kappa shape index (κ2) is 21.1. The van der Waals surface area contributed by atoms with Gasteiger partial charge in [0.25, 0.3) is 0 Å². The first-order valence-corrected chi connectivity index (χ1v) is 22.6. The molecule has 12 heteroatoms. The number of fused-ring (bicyclic) bond motifs is 2. The van der Waals surface area contributed by atoms with Crippen molar-refractivity contribution in [1.29, 1.82) is 0 Å². The Labute approximate surface area is 386 Å². The average molecular weight is 895 g/mol. The lowest BCUT2D eigenvalue weighted by atomic mass is 9.82. The van der Waals surface area contributed by atoms with Gasteiger partial charge in [0.2, 0.25) is 0 Å². The van der Waals surface area contributed by atoms with Gasteiger partial charge in [0, 0.05) is 55.4 Å². The third kappa shape index (κ3) is 10.5. The lowest BCUT2D eigenvalue weighted by Gasteiger charge is -2.46. The van der Waals surface area contributed by atoms with Crippen LogP contribution in [0.2, 0.25) is 0 Å². The highest BCUT2D eigenvalue weighted by atomic mass is 16.5. The lowest BCUT2D eigenvalue weighted by molar-refractivity contribution is -0.941. The summed E-state index contributed by atoms with van der Waals surface area (Å²) in [7, 11) is 14.6. The highest BCUT2D eigenvalue weighted by Crippen LogP contribution is 2.48. The monoisotopic (exact) mass is 895 g/mol. The van der Waals surface area contributed by atoms with Gasteiger partial charge in [0.1, 0.15) is 23.6 Å². The van der Waals surface area contributed by atoms with E-state index in [9.17, 15) is 9.59 Å². The number of esters is 2. The van der Waals surface area contributed by atoms with Gasteiger partial charge in [-0.3, -0.25) is 0 Å². The molecule has 0 amide bonds. The van der Waals surface area contributed by atoms with Gasteiger partial charge >= 0.3 is 11.9 Å². The van der Waals surface area contributed by atoms with Crippen LogP contribution in [0, 0.1) is 27.7 Å². The largest absolute Gasteiger partial charge is 0.496 e. The molecule has 0 saturated carbocycles. The highest BCUT2D eigenvalue weighted by Gasteiger charge is 2.43. The molecular formula is C53H70N2O10+2. The minimum atomic E-state index is -0.579.